The zero-order valence-corrected chi connectivity index (χ0v) is 11.1. The van der Waals surface area contributed by atoms with Crippen molar-refractivity contribution in [1.29, 1.82) is 0 Å². The van der Waals surface area contributed by atoms with Gasteiger partial charge in [0.2, 0.25) is 5.82 Å². The number of rotatable bonds is 1. The zero-order valence-electron chi connectivity index (χ0n) is 11.1. The first-order valence-electron chi connectivity index (χ1n) is 6.52. The summed E-state index contributed by atoms with van der Waals surface area (Å²) in [5.74, 6) is -1.21. The van der Waals surface area contributed by atoms with Crippen molar-refractivity contribution in [2.45, 2.75) is 19.0 Å². The van der Waals surface area contributed by atoms with Crippen LogP contribution in [-0.4, -0.2) is 16.5 Å². The molecule has 4 nitrogen and oxygen atoms in total. The van der Waals surface area contributed by atoms with Crippen LogP contribution in [0.15, 0.2) is 30.3 Å². The first-order valence-corrected chi connectivity index (χ1v) is 6.52. The van der Waals surface area contributed by atoms with Crippen LogP contribution in [0.25, 0.3) is 0 Å². The number of anilines is 3. The second kappa shape index (κ2) is 4.91. The summed E-state index contributed by atoms with van der Waals surface area (Å²) in [4.78, 5) is 8.66. The molecule has 1 aliphatic heterocycles. The third kappa shape index (κ3) is 2.63. The number of aryl methyl sites for hydroxylation is 1. The number of nitrogen functional groups attached to an aromatic ring is 1. The maximum absolute atomic E-state index is 12.8. The molecule has 0 radical (unpaired) electrons. The van der Waals surface area contributed by atoms with E-state index >= 15 is 0 Å². The molecule has 2 heterocycles. The molecule has 0 saturated carbocycles. The van der Waals surface area contributed by atoms with Crippen LogP contribution < -0.4 is 10.6 Å². The Labute approximate surface area is 119 Å². The average Bonchev–Trinajstić information content (AvgIpc) is 2.45. The Morgan fingerprint density at radius 1 is 1.14 bits per heavy atom. The summed E-state index contributed by atoms with van der Waals surface area (Å²) < 4.78 is 38.4. The number of nitrogens with two attached hydrogens (primary N) is 1. The first-order chi connectivity index (χ1) is 9.95. The second-order valence-corrected chi connectivity index (χ2v) is 4.86. The van der Waals surface area contributed by atoms with Crippen molar-refractivity contribution >= 4 is 17.3 Å². The quantitative estimate of drug-likeness (QED) is 0.877. The van der Waals surface area contributed by atoms with Gasteiger partial charge in [0, 0.05) is 18.3 Å². The molecule has 0 spiro atoms. The van der Waals surface area contributed by atoms with E-state index in [4.69, 9.17) is 5.73 Å². The molecule has 0 unspecified atom stereocenters. The van der Waals surface area contributed by atoms with Gasteiger partial charge >= 0.3 is 6.18 Å². The number of para-hydroxylation sites is 1. The van der Waals surface area contributed by atoms with Crippen LogP contribution in [0, 0.1) is 0 Å². The number of alkyl halides is 3. The Kier molecular flexibility index (Phi) is 3.19. The highest BCUT2D eigenvalue weighted by molar-refractivity contribution is 5.66. The molecule has 0 aliphatic carbocycles. The maximum Gasteiger partial charge on any atom is 0.451 e. The molecule has 0 amide bonds. The lowest BCUT2D eigenvalue weighted by Crippen LogP contribution is -2.26. The van der Waals surface area contributed by atoms with Crippen LogP contribution in [0.5, 0.6) is 0 Å². The van der Waals surface area contributed by atoms with Crippen LogP contribution in [-0.2, 0) is 12.6 Å². The Morgan fingerprint density at radius 3 is 2.67 bits per heavy atom. The van der Waals surface area contributed by atoms with Gasteiger partial charge in [-0.05, 0) is 24.5 Å². The van der Waals surface area contributed by atoms with Crippen molar-refractivity contribution in [3.8, 4) is 0 Å². The molecule has 0 saturated heterocycles. The summed E-state index contributed by atoms with van der Waals surface area (Å²) in [6, 6.07) is 8.98. The molecule has 2 aromatic rings. The summed E-state index contributed by atoms with van der Waals surface area (Å²) in [5, 5.41) is 0. The molecule has 2 N–H and O–H groups in total. The minimum atomic E-state index is -4.61. The minimum absolute atomic E-state index is 0.182. The van der Waals surface area contributed by atoms with Crippen LogP contribution in [0.2, 0.25) is 0 Å². The smallest absolute Gasteiger partial charge is 0.384 e. The number of hydrogen-bond acceptors (Lipinski definition) is 4. The molecule has 1 aromatic carbocycles. The highest BCUT2D eigenvalue weighted by atomic mass is 19.4. The molecule has 3 rings (SSSR count). The summed E-state index contributed by atoms with van der Waals surface area (Å²) in [7, 11) is 0. The number of benzene rings is 1. The molecule has 0 bridgehead atoms. The van der Waals surface area contributed by atoms with Crippen LogP contribution >= 0.6 is 0 Å². The first kappa shape index (κ1) is 13.7. The van der Waals surface area contributed by atoms with Crippen LogP contribution in [0.4, 0.5) is 30.5 Å². The van der Waals surface area contributed by atoms with Gasteiger partial charge in [-0.3, -0.25) is 0 Å². The largest absolute Gasteiger partial charge is 0.451 e. The predicted octanol–water partition coefficient (Wildman–Crippen LogP) is 3.16. The molecule has 7 heteroatoms. The monoisotopic (exact) mass is 294 g/mol. The van der Waals surface area contributed by atoms with Crippen molar-refractivity contribution in [3.63, 3.8) is 0 Å². The highest BCUT2D eigenvalue weighted by Crippen LogP contribution is 2.34. The van der Waals surface area contributed by atoms with Gasteiger partial charge in [0.05, 0.1) is 0 Å². The van der Waals surface area contributed by atoms with E-state index in [1.54, 1.807) is 4.90 Å². The number of hydrogen-bond donors (Lipinski definition) is 1. The van der Waals surface area contributed by atoms with Crippen molar-refractivity contribution in [2.75, 3.05) is 17.2 Å². The molecule has 1 aromatic heterocycles. The van der Waals surface area contributed by atoms with Gasteiger partial charge in [-0.25, -0.2) is 9.97 Å². The normalized spacial score (nSPS) is 14.9. The molecular formula is C14H13F3N4. The lowest BCUT2D eigenvalue weighted by atomic mass is 10.0. The van der Waals surface area contributed by atoms with Gasteiger partial charge in [0.25, 0.3) is 0 Å². The van der Waals surface area contributed by atoms with Gasteiger partial charge in [-0.15, -0.1) is 0 Å². The van der Waals surface area contributed by atoms with Gasteiger partial charge < -0.3 is 10.6 Å². The van der Waals surface area contributed by atoms with E-state index in [1.165, 1.54) is 6.07 Å². The number of aromatic nitrogens is 2. The minimum Gasteiger partial charge on any atom is -0.384 e. The van der Waals surface area contributed by atoms with E-state index in [0.29, 0.717) is 6.54 Å². The highest BCUT2D eigenvalue weighted by Gasteiger charge is 2.36. The lowest BCUT2D eigenvalue weighted by Gasteiger charge is -2.30. The zero-order chi connectivity index (χ0) is 15.0. The van der Waals surface area contributed by atoms with Gasteiger partial charge in [-0.1, -0.05) is 18.2 Å². The van der Waals surface area contributed by atoms with Crippen LogP contribution in [0.1, 0.15) is 17.8 Å². The molecule has 0 fully saturated rings. The number of fused-ring (bicyclic) bond motifs is 1. The fraction of sp³-hybridized carbons (Fsp3) is 0.286. The van der Waals surface area contributed by atoms with E-state index in [1.807, 2.05) is 24.3 Å². The standard InChI is InChI=1S/C14H13F3N4/c15-14(16,17)13-19-11(18)8-12(20-13)21-7-3-5-9-4-1-2-6-10(9)21/h1-2,4,6,8H,3,5,7H2,(H2,18,19,20). The fourth-order valence-corrected chi connectivity index (χ4v) is 2.49. The topological polar surface area (TPSA) is 55.0 Å². The third-order valence-electron chi connectivity index (χ3n) is 3.37. The summed E-state index contributed by atoms with van der Waals surface area (Å²) in [6.45, 7) is 0.602. The fourth-order valence-electron chi connectivity index (χ4n) is 2.49. The molecule has 110 valence electrons. The van der Waals surface area contributed by atoms with Gasteiger partial charge in [0.15, 0.2) is 0 Å². The number of halogens is 3. The molecule has 1 aliphatic rings. The van der Waals surface area contributed by atoms with E-state index in [0.717, 1.165) is 24.1 Å². The summed E-state index contributed by atoms with van der Waals surface area (Å²) in [5.41, 5.74) is 7.47. The summed E-state index contributed by atoms with van der Waals surface area (Å²) in [6.07, 6.45) is -2.86. The second-order valence-electron chi connectivity index (χ2n) is 4.86. The Bertz CT molecular complexity index is 670. The van der Waals surface area contributed by atoms with E-state index in [9.17, 15) is 13.2 Å². The van der Waals surface area contributed by atoms with Crippen molar-refractivity contribution in [3.05, 3.63) is 41.7 Å². The van der Waals surface area contributed by atoms with Crippen molar-refractivity contribution in [1.82, 2.24) is 9.97 Å². The van der Waals surface area contributed by atoms with Crippen molar-refractivity contribution < 1.29 is 13.2 Å². The molecule has 0 atom stereocenters. The van der Waals surface area contributed by atoms with Gasteiger partial charge in [0.1, 0.15) is 11.6 Å². The maximum atomic E-state index is 12.8. The third-order valence-corrected chi connectivity index (χ3v) is 3.37. The summed E-state index contributed by atoms with van der Waals surface area (Å²) >= 11 is 0. The average molecular weight is 294 g/mol. The molecular weight excluding hydrogens is 281 g/mol. The van der Waals surface area contributed by atoms with Crippen LogP contribution in [0.3, 0.4) is 0 Å². The Morgan fingerprint density at radius 2 is 1.90 bits per heavy atom. The lowest BCUT2D eigenvalue weighted by molar-refractivity contribution is -0.144. The Balaban J connectivity index is 2.08. The molecule has 21 heavy (non-hydrogen) atoms. The van der Waals surface area contributed by atoms with E-state index in [2.05, 4.69) is 9.97 Å². The van der Waals surface area contributed by atoms with E-state index < -0.39 is 12.0 Å². The Hall–Kier alpha value is -2.31. The predicted molar refractivity (Wildman–Crippen MR) is 73.2 cm³/mol. The van der Waals surface area contributed by atoms with Gasteiger partial charge in [-0.2, -0.15) is 13.2 Å². The number of nitrogens with zero attached hydrogens (tertiary/aromatic N) is 3. The SMILES string of the molecule is Nc1cc(N2CCCc3ccccc32)nc(C(F)(F)F)n1. The van der Waals surface area contributed by atoms with Crippen molar-refractivity contribution in [2.24, 2.45) is 0 Å². The van der Waals surface area contributed by atoms with E-state index in [-0.39, 0.29) is 11.6 Å².